The monoisotopic (exact) mass is 329 g/mol. The third-order valence-corrected chi connectivity index (χ3v) is 3.28. The fourth-order valence-electron chi connectivity index (χ4n) is 2.06. The predicted octanol–water partition coefficient (Wildman–Crippen LogP) is 2.00. The number of amides is 1. The average Bonchev–Trinajstić information content (AvgIpc) is 2.62. The second kappa shape index (κ2) is 9.01. The van der Waals surface area contributed by atoms with Crippen LogP contribution in [0.4, 0.5) is 5.69 Å². The van der Waals surface area contributed by atoms with Crippen molar-refractivity contribution < 1.29 is 14.3 Å². The van der Waals surface area contributed by atoms with E-state index < -0.39 is 0 Å². The van der Waals surface area contributed by atoms with E-state index in [1.54, 1.807) is 23.1 Å². The highest BCUT2D eigenvalue weighted by molar-refractivity contribution is 6.10. The van der Waals surface area contributed by atoms with E-state index in [0.29, 0.717) is 35.8 Å². The molecule has 0 aromatic heterocycles. The number of hydrazone groups is 1. The van der Waals surface area contributed by atoms with Crippen molar-refractivity contribution in [1.29, 1.82) is 10.5 Å². The Bertz CT molecular complexity index is 696. The highest BCUT2D eigenvalue weighted by Crippen LogP contribution is 2.37. The van der Waals surface area contributed by atoms with Crippen LogP contribution in [0.3, 0.4) is 0 Å². The zero-order valence-corrected chi connectivity index (χ0v) is 14.1. The van der Waals surface area contributed by atoms with Gasteiger partial charge >= 0.3 is 0 Å². The van der Waals surface area contributed by atoms with Crippen LogP contribution in [0.1, 0.15) is 24.2 Å². The van der Waals surface area contributed by atoms with Gasteiger partial charge in [-0.2, -0.15) is 15.6 Å². The quantitative estimate of drug-likeness (QED) is 0.605. The van der Waals surface area contributed by atoms with Crippen molar-refractivity contribution in [1.82, 2.24) is 4.90 Å². The fraction of sp³-hybridized carbons (Fsp3) is 0.375. The summed E-state index contributed by atoms with van der Waals surface area (Å²) >= 11 is 0. The summed E-state index contributed by atoms with van der Waals surface area (Å²) in [6, 6.07) is 6.40. The molecule has 1 amide bonds. The summed E-state index contributed by atoms with van der Waals surface area (Å²) in [6.07, 6.45) is 0. The lowest BCUT2D eigenvalue weighted by Gasteiger charge is -2.20. The topological polar surface area (TPSA) is 111 Å². The molecule has 0 unspecified atom stereocenters. The van der Waals surface area contributed by atoms with Crippen LogP contribution >= 0.6 is 0 Å². The number of nitrogens with zero attached hydrogens (tertiary/aromatic N) is 4. The van der Waals surface area contributed by atoms with Gasteiger partial charge in [0.05, 0.1) is 14.2 Å². The Labute approximate surface area is 140 Å². The second-order valence-electron chi connectivity index (χ2n) is 4.53. The average molecular weight is 329 g/mol. The van der Waals surface area contributed by atoms with Crippen molar-refractivity contribution in [2.45, 2.75) is 13.8 Å². The summed E-state index contributed by atoms with van der Waals surface area (Å²) < 4.78 is 10.5. The van der Waals surface area contributed by atoms with Crippen LogP contribution in [0.15, 0.2) is 17.2 Å². The first kappa shape index (κ1) is 18.8. The van der Waals surface area contributed by atoms with E-state index in [1.165, 1.54) is 20.3 Å². The molecule has 1 N–H and O–H groups in total. The first-order valence-electron chi connectivity index (χ1n) is 7.25. The number of benzene rings is 1. The van der Waals surface area contributed by atoms with E-state index >= 15 is 0 Å². The summed E-state index contributed by atoms with van der Waals surface area (Å²) in [5.41, 5.74) is 2.92. The minimum absolute atomic E-state index is 0.172. The third kappa shape index (κ3) is 4.14. The van der Waals surface area contributed by atoms with E-state index in [-0.39, 0.29) is 11.6 Å². The van der Waals surface area contributed by atoms with Gasteiger partial charge in [0.25, 0.3) is 5.91 Å². The van der Waals surface area contributed by atoms with Crippen LogP contribution < -0.4 is 14.9 Å². The third-order valence-electron chi connectivity index (χ3n) is 3.28. The standard InChI is InChI=1S/C16H19N5O3/c1-5-21(6-2)16(22)11-7-13(20-19-12(9-17)10-18)15(24-4)14(8-11)23-3/h7-8,20H,5-6H2,1-4H3. The summed E-state index contributed by atoms with van der Waals surface area (Å²) in [4.78, 5) is 14.2. The van der Waals surface area contributed by atoms with E-state index in [1.807, 2.05) is 13.8 Å². The summed E-state index contributed by atoms with van der Waals surface area (Å²) in [6.45, 7) is 4.91. The number of carbonyl (C=O) groups is 1. The van der Waals surface area contributed by atoms with Crippen molar-refractivity contribution in [3.8, 4) is 23.6 Å². The number of anilines is 1. The maximum atomic E-state index is 12.5. The van der Waals surface area contributed by atoms with E-state index in [4.69, 9.17) is 20.0 Å². The van der Waals surface area contributed by atoms with Crippen LogP contribution in [-0.4, -0.2) is 43.8 Å². The molecule has 0 radical (unpaired) electrons. The molecular weight excluding hydrogens is 310 g/mol. The maximum absolute atomic E-state index is 12.5. The number of hydrogen-bond donors (Lipinski definition) is 1. The first-order valence-corrected chi connectivity index (χ1v) is 7.25. The van der Waals surface area contributed by atoms with Crippen molar-refractivity contribution >= 4 is 17.3 Å². The summed E-state index contributed by atoms with van der Waals surface area (Å²) in [5, 5.41) is 21.2. The summed E-state index contributed by atoms with van der Waals surface area (Å²) in [5.74, 6) is 0.477. The Balaban J connectivity index is 3.38. The van der Waals surface area contributed by atoms with Crippen LogP contribution in [0.2, 0.25) is 0 Å². The molecule has 0 saturated heterocycles. The van der Waals surface area contributed by atoms with Crippen molar-refractivity contribution in [2.24, 2.45) is 5.10 Å². The Morgan fingerprint density at radius 3 is 2.29 bits per heavy atom. The van der Waals surface area contributed by atoms with Gasteiger partial charge < -0.3 is 14.4 Å². The first-order chi connectivity index (χ1) is 11.6. The molecule has 0 aliphatic rings. The van der Waals surface area contributed by atoms with Crippen molar-refractivity contribution in [2.75, 3.05) is 32.7 Å². The number of rotatable bonds is 7. The summed E-state index contributed by atoms with van der Waals surface area (Å²) in [7, 11) is 2.89. The molecular formula is C16H19N5O3. The van der Waals surface area contributed by atoms with Gasteiger partial charge in [0.2, 0.25) is 5.71 Å². The lowest BCUT2D eigenvalue weighted by molar-refractivity contribution is 0.0772. The van der Waals surface area contributed by atoms with E-state index in [9.17, 15) is 4.79 Å². The van der Waals surface area contributed by atoms with Crippen molar-refractivity contribution in [3.05, 3.63) is 17.7 Å². The van der Waals surface area contributed by atoms with Gasteiger partial charge in [0.15, 0.2) is 11.5 Å². The fourth-order valence-corrected chi connectivity index (χ4v) is 2.06. The molecule has 0 spiro atoms. The largest absolute Gasteiger partial charge is 0.493 e. The zero-order chi connectivity index (χ0) is 18.1. The van der Waals surface area contributed by atoms with Gasteiger partial charge in [0, 0.05) is 18.7 Å². The number of ether oxygens (including phenoxy) is 2. The highest BCUT2D eigenvalue weighted by atomic mass is 16.5. The molecule has 8 nitrogen and oxygen atoms in total. The van der Waals surface area contributed by atoms with Crippen LogP contribution in [0, 0.1) is 22.7 Å². The molecule has 1 aromatic carbocycles. The normalized spacial score (nSPS) is 9.25. The molecule has 0 atom stereocenters. The molecule has 8 heteroatoms. The van der Waals surface area contributed by atoms with Crippen molar-refractivity contribution in [3.63, 3.8) is 0 Å². The minimum Gasteiger partial charge on any atom is -0.493 e. The minimum atomic E-state index is -0.350. The Hall–Kier alpha value is -3.26. The highest BCUT2D eigenvalue weighted by Gasteiger charge is 2.19. The lowest BCUT2D eigenvalue weighted by Crippen LogP contribution is -2.30. The van der Waals surface area contributed by atoms with Gasteiger partial charge in [-0.15, -0.1) is 0 Å². The molecule has 126 valence electrons. The Kier molecular flexibility index (Phi) is 7.05. The lowest BCUT2D eigenvalue weighted by atomic mass is 10.1. The molecule has 0 aliphatic heterocycles. The molecule has 0 heterocycles. The van der Waals surface area contributed by atoms with E-state index in [2.05, 4.69) is 10.5 Å². The zero-order valence-electron chi connectivity index (χ0n) is 14.1. The van der Waals surface area contributed by atoms with Crippen LogP contribution in [0.5, 0.6) is 11.5 Å². The molecule has 1 rings (SSSR count). The predicted molar refractivity (Wildman–Crippen MR) is 89.1 cm³/mol. The molecule has 24 heavy (non-hydrogen) atoms. The smallest absolute Gasteiger partial charge is 0.254 e. The number of methoxy groups -OCH3 is 2. The molecule has 0 aliphatic carbocycles. The van der Waals surface area contributed by atoms with Gasteiger partial charge in [-0.25, -0.2) is 0 Å². The van der Waals surface area contributed by atoms with E-state index in [0.717, 1.165) is 0 Å². The second-order valence-corrected chi connectivity index (χ2v) is 4.53. The molecule has 1 aromatic rings. The van der Waals surface area contributed by atoms with Gasteiger partial charge in [-0.1, -0.05) is 0 Å². The Morgan fingerprint density at radius 2 is 1.83 bits per heavy atom. The number of carbonyl (C=O) groups excluding carboxylic acids is 1. The number of nitriles is 2. The molecule has 0 saturated carbocycles. The molecule has 0 fully saturated rings. The van der Waals surface area contributed by atoms with Gasteiger partial charge in [0.1, 0.15) is 17.8 Å². The number of hydrogen-bond acceptors (Lipinski definition) is 7. The maximum Gasteiger partial charge on any atom is 0.254 e. The van der Waals surface area contributed by atoms with Gasteiger partial charge in [-0.05, 0) is 26.0 Å². The molecule has 0 bridgehead atoms. The van der Waals surface area contributed by atoms with Crippen LogP contribution in [0.25, 0.3) is 0 Å². The van der Waals surface area contributed by atoms with Gasteiger partial charge in [-0.3, -0.25) is 10.2 Å². The SMILES string of the molecule is CCN(CC)C(=O)c1cc(NN=C(C#N)C#N)c(OC)c(OC)c1. The Morgan fingerprint density at radius 1 is 1.21 bits per heavy atom. The van der Waals surface area contributed by atoms with Crippen LogP contribution in [-0.2, 0) is 0 Å². The number of nitrogens with one attached hydrogen (secondary N) is 1.